The third kappa shape index (κ3) is 4.85. The lowest BCUT2D eigenvalue weighted by molar-refractivity contribution is 0.169. The Morgan fingerprint density at radius 1 is 1.00 bits per heavy atom. The lowest BCUT2D eigenvalue weighted by atomic mass is 10.1. The van der Waals surface area contributed by atoms with E-state index >= 15 is 0 Å². The Morgan fingerprint density at radius 2 is 1.55 bits per heavy atom. The first-order chi connectivity index (χ1) is 9.63. The van der Waals surface area contributed by atoms with Crippen molar-refractivity contribution in [1.82, 2.24) is 0 Å². The van der Waals surface area contributed by atoms with E-state index in [1.54, 1.807) is 0 Å². The second-order valence-corrected chi connectivity index (χ2v) is 5.22. The summed E-state index contributed by atoms with van der Waals surface area (Å²) in [5, 5.41) is 13.1. The van der Waals surface area contributed by atoms with Gasteiger partial charge in [0.2, 0.25) is 0 Å². The molecule has 0 heterocycles. The molecule has 0 aliphatic carbocycles. The predicted molar refractivity (Wildman–Crippen MR) is 84.3 cm³/mol. The van der Waals surface area contributed by atoms with Crippen molar-refractivity contribution in [1.29, 1.82) is 0 Å². The molecule has 1 atom stereocenters. The van der Waals surface area contributed by atoms with E-state index in [4.69, 9.17) is 22.4 Å². The smallest absolute Gasteiger partial charge is 0.102 e. The number of aliphatic hydroxyl groups excluding tert-OH is 1. The molecule has 0 amide bonds. The van der Waals surface area contributed by atoms with Gasteiger partial charge in [-0.25, -0.2) is 0 Å². The molecule has 4 heteroatoms. The maximum Gasteiger partial charge on any atom is 0.102 e. The maximum absolute atomic E-state index is 9.02. The number of rotatable bonds is 6. The highest BCUT2D eigenvalue weighted by molar-refractivity contribution is 6.30. The van der Waals surface area contributed by atoms with E-state index < -0.39 is 6.23 Å². The minimum atomic E-state index is -0.708. The average Bonchev–Trinajstić information content (AvgIpc) is 2.43. The van der Waals surface area contributed by atoms with Gasteiger partial charge in [-0.1, -0.05) is 23.7 Å². The molecule has 0 fully saturated rings. The van der Waals surface area contributed by atoms with E-state index in [1.807, 2.05) is 36.4 Å². The summed E-state index contributed by atoms with van der Waals surface area (Å²) in [5.74, 6) is 0. The fourth-order valence-electron chi connectivity index (χ4n) is 1.97. The molecular weight excluding hydrogens is 272 g/mol. The van der Waals surface area contributed by atoms with Crippen molar-refractivity contribution in [2.24, 2.45) is 5.73 Å². The molecule has 0 aliphatic rings. The average molecular weight is 291 g/mol. The summed E-state index contributed by atoms with van der Waals surface area (Å²) in [6.07, 6.45) is 1.74. The summed E-state index contributed by atoms with van der Waals surface area (Å²) in [6.45, 7) is 0. The number of nitrogens with two attached hydrogens (primary N) is 1. The molecule has 0 aliphatic heterocycles. The standard InChI is InChI=1S/C16H19ClN2O/c17-13-6-10-15(11-7-13)19-14-8-4-12(5-9-14)2-1-3-16(18)20/h4-11,16,19-20H,1-3,18H2. The van der Waals surface area contributed by atoms with Crippen LogP contribution in [0.1, 0.15) is 18.4 Å². The highest BCUT2D eigenvalue weighted by Crippen LogP contribution is 2.19. The Kier molecular flexibility index (Phi) is 5.41. The van der Waals surface area contributed by atoms with E-state index in [9.17, 15) is 0 Å². The van der Waals surface area contributed by atoms with Gasteiger partial charge in [-0.15, -0.1) is 0 Å². The van der Waals surface area contributed by atoms with Crippen molar-refractivity contribution in [2.75, 3.05) is 5.32 Å². The van der Waals surface area contributed by atoms with Gasteiger partial charge < -0.3 is 16.2 Å². The number of anilines is 2. The number of hydrogen-bond donors (Lipinski definition) is 3. The molecule has 0 spiro atoms. The maximum atomic E-state index is 9.02. The van der Waals surface area contributed by atoms with Crippen LogP contribution in [0.3, 0.4) is 0 Å². The van der Waals surface area contributed by atoms with Gasteiger partial charge in [0.05, 0.1) is 0 Å². The van der Waals surface area contributed by atoms with Crippen LogP contribution in [0.15, 0.2) is 48.5 Å². The number of benzene rings is 2. The van der Waals surface area contributed by atoms with Crippen molar-refractivity contribution in [3.8, 4) is 0 Å². The summed E-state index contributed by atoms with van der Waals surface area (Å²) in [6, 6.07) is 15.9. The molecule has 0 saturated carbocycles. The van der Waals surface area contributed by atoms with Gasteiger partial charge >= 0.3 is 0 Å². The van der Waals surface area contributed by atoms with Crippen LogP contribution in [0.25, 0.3) is 0 Å². The van der Waals surface area contributed by atoms with Crippen LogP contribution in [0.5, 0.6) is 0 Å². The topological polar surface area (TPSA) is 58.3 Å². The largest absolute Gasteiger partial charge is 0.379 e. The molecule has 2 aromatic carbocycles. The van der Waals surface area contributed by atoms with Gasteiger partial charge in [-0.05, 0) is 61.2 Å². The Morgan fingerprint density at radius 3 is 2.10 bits per heavy atom. The zero-order valence-corrected chi connectivity index (χ0v) is 12.0. The highest BCUT2D eigenvalue weighted by atomic mass is 35.5. The summed E-state index contributed by atoms with van der Waals surface area (Å²) < 4.78 is 0. The molecule has 0 radical (unpaired) electrons. The first-order valence-corrected chi connectivity index (χ1v) is 7.06. The summed E-state index contributed by atoms with van der Waals surface area (Å²) in [5.41, 5.74) is 8.60. The zero-order chi connectivity index (χ0) is 14.4. The van der Waals surface area contributed by atoms with Gasteiger partial charge in [-0.2, -0.15) is 0 Å². The molecule has 2 rings (SSSR count). The van der Waals surface area contributed by atoms with Crippen LogP contribution in [0, 0.1) is 0 Å². The van der Waals surface area contributed by atoms with E-state index in [2.05, 4.69) is 17.4 Å². The van der Waals surface area contributed by atoms with E-state index in [1.165, 1.54) is 5.56 Å². The lowest BCUT2D eigenvalue weighted by Gasteiger charge is -2.08. The number of nitrogens with one attached hydrogen (secondary N) is 1. The van der Waals surface area contributed by atoms with Crippen LogP contribution in [-0.2, 0) is 6.42 Å². The lowest BCUT2D eigenvalue weighted by Crippen LogP contribution is -2.18. The number of aryl methyl sites for hydroxylation is 1. The minimum absolute atomic E-state index is 0.630. The van der Waals surface area contributed by atoms with Crippen LogP contribution in [0.2, 0.25) is 5.02 Å². The van der Waals surface area contributed by atoms with Crippen LogP contribution in [0.4, 0.5) is 11.4 Å². The highest BCUT2D eigenvalue weighted by Gasteiger charge is 1.99. The SMILES string of the molecule is NC(O)CCCc1ccc(Nc2ccc(Cl)cc2)cc1. The molecular formula is C16H19ClN2O. The van der Waals surface area contributed by atoms with E-state index in [0.717, 1.165) is 29.2 Å². The van der Waals surface area contributed by atoms with Crippen molar-refractivity contribution in [3.63, 3.8) is 0 Å². The normalized spacial score (nSPS) is 12.2. The first kappa shape index (κ1) is 14.9. The van der Waals surface area contributed by atoms with Crippen molar-refractivity contribution in [2.45, 2.75) is 25.5 Å². The van der Waals surface area contributed by atoms with E-state index in [-0.39, 0.29) is 0 Å². The fourth-order valence-corrected chi connectivity index (χ4v) is 2.10. The Labute approximate surface area is 124 Å². The minimum Gasteiger partial charge on any atom is -0.379 e. The van der Waals surface area contributed by atoms with E-state index in [0.29, 0.717) is 6.42 Å². The van der Waals surface area contributed by atoms with Crippen LogP contribution in [-0.4, -0.2) is 11.3 Å². The third-order valence-electron chi connectivity index (χ3n) is 3.05. The van der Waals surface area contributed by atoms with Crippen molar-refractivity contribution in [3.05, 3.63) is 59.1 Å². The Hall–Kier alpha value is -1.55. The van der Waals surface area contributed by atoms with Gasteiger partial charge in [0.15, 0.2) is 0 Å². The second kappa shape index (κ2) is 7.29. The third-order valence-corrected chi connectivity index (χ3v) is 3.30. The Bertz CT molecular complexity index is 523. The van der Waals surface area contributed by atoms with Crippen molar-refractivity contribution >= 4 is 23.0 Å². The number of aliphatic hydroxyl groups is 1. The van der Waals surface area contributed by atoms with Gasteiger partial charge in [0, 0.05) is 16.4 Å². The molecule has 0 saturated heterocycles. The number of halogens is 1. The molecule has 3 nitrogen and oxygen atoms in total. The molecule has 20 heavy (non-hydrogen) atoms. The quantitative estimate of drug-likeness (QED) is 0.711. The number of hydrogen-bond acceptors (Lipinski definition) is 3. The van der Waals surface area contributed by atoms with Gasteiger partial charge in [0.25, 0.3) is 0 Å². The predicted octanol–water partition coefficient (Wildman–Crippen LogP) is 3.68. The van der Waals surface area contributed by atoms with Gasteiger partial charge in [0.1, 0.15) is 6.23 Å². The molecule has 0 aromatic heterocycles. The molecule has 2 aromatic rings. The molecule has 4 N–H and O–H groups in total. The first-order valence-electron chi connectivity index (χ1n) is 6.69. The molecule has 1 unspecified atom stereocenters. The molecule has 106 valence electrons. The monoisotopic (exact) mass is 290 g/mol. The zero-order valence-electron chi connectivity index (χ0n) is 11.2. The summed E-state index contributed by atoms with van der Waals surface area (Å²) >= 11 is 5.85. The summed E-state index contributed by atoms with van der Waals surface area (Å²) in [7, 11) is 0. The Balaban J connectivity index is 1.89. The van der Waals surface area contributed by atoms with Crippen molar-refractivity contribution < 1.29 is 5.11 Å². The fraction of sp³-hybridized carbons (Fsp3) is 0.250. The second-order valence-electron chi connectivity index (χ2n) is 4.79. The van der Waals surface area contributed by atoms with Crippen LogP contribution < -0.4 is 11.1 Å². The van der Waals surface area contributed by atoms with Gasteiger partial charge in [-0.3, -0.25) is 0 Å². The summed E-state index contributed by atoms with van der Waals surface area (Å²) in [4.78, 5) is 0. The molecule has 0 bridgehead atoms. The van der Waals surface area contributed by atoms with Crippen LogP contribution >= 0.6 is 11.6 Å².